The molecule has 12 heavy (non-hydrogen) atoms. The van der Waals surface area contributed by atoms with Gasteiger partial charge in [-0.2, -0.15) is 0 Å². The summed E-state index contributed by atoms with van der Waals surface area (Å²) < 4.78 is 0. The summed E-state index contributed by atoms with van der Waals surface area (Å²) in [6.45, 7) is 2.32. The van der Waals surface area contributed by atoms with Crippen molar-refractivity contribution in [3.8, 4) is 0 Å². The molecular formula is C9H13NOS. The van der Waals surface area contributed by atoms with Crippen LogP contribution in [0.5, 0.6) is 0 Å². The largest absolute Gasteiger partial charge is 0.381 e. The molecule has 3 N–H and O–H groups in total. The van der Waals surface area contributed by atoms with Gasteiger partial charge in [0.2, 0.25) is 0 Å². The van der Waals surface area contributed by atoms with E-state index in [0.717, 1.165) is 4.90 Å². The van der Waals surface area contributed by atoms with E-state index >= 15 is 0 Å². The molecule has 1 atom stereocenters. The molecule has 0 radical (unpaired) electrons. The van der Waals surface area contributed by atoms with Gasteiger partial charge < -0.3 is 10.8 Å². The highest BCUT2D eigenvalue weighted by molar-refractivity contribution is 7.99. The molecule has 0 aromatic heterocycles. The molecule has 0 aliphatic rings. The minimum atomic E-state index is -0.494. The van der Waals surface area contributed by atoms with Crippen LogP contribution in [-0.2, 0) is 0 Å². The summed E-state index contributed by atoms with van der Waals surface area (Å²) in [6.07, 6.45) is 0. The molecular weight excluding hydrogens is 170 g/mol. The third-order valence-electron chi connectivity index (χ3n) is 1.46. The lowest BCUT2D eigenvalue weighted by Crippen LogP contribution is -2.15. The first kappa shape index (κ1) is 9.58. The Bertz CT molecular complexity index is 252. The predicted octanol–water partition coefficient (Wildman–Crippen LogP) is 1.36. The van der Waals surface area contributed by atoms with Gasteiger partial charge in [0.05, 0.1) is 0 Å². The number of hydrogen-bond acceptors (Lipinski definition) is 3. The lowest BCUT2D eigenvalue weighted by Gasteiger charge is -2.06. The molecule has 1 unspecified atom stereocenters. The topological polar surface area (TPSA) is 46.2 Å². The van der Waals surface area contributed by atoms with Gasteiger partial charge in [-0.15, -0.1) is 0 Å². The molecule has 0 aliphatic carbocycles. The Morgan fingerprint density at radius 2 is 2.33 bits per heavy atom. The number of aliphatic hydroxyl groups is 1. The minimum absolute atomic E-state index is 0.290. The van der Waals surface area contributed by atoms with Crippen LogP contribution in [0.1, 0.15) is 5.56 Å². The number of aryl methyl sites for hydroxylation is 1. The number of thioether (sulfide) groups is 1. The van der Waals surface area contributed by atoms with E-state index in [1.807, 2.05) is 31.2 Å². The molecule has 0 heterocycles. The predicted molar refractivity (Wildman–Crippen MR) is 52.1 cm³/mol. The number of benzene rings is 1. The molecule has 1 aromatic carbocycles. The summed E-state index contributed by atoms with van der Waals surface area (Å²) in [6, 6.07) is 8.00. The first-order valence-corrected chi connectivity index (χ1v) is 4.72. The first-order chi connectivity index (χ1) is 5.72. The second kappa shape index (κ2) is 4.50. The van der Waals surface area contributed by atoms with Gasteiger partial charge in [0, 0.05) is 11.4 Å². The fraction of sp³-hybridized carbons (Fsp3) is 0.333. The molecule has 0 amide bonds. The second-order valence-corrected chi connectivity index (χ2v) is 3.88. The molecule has 1 aromatic rings. The van der Waals surface area contributed by atoms with Gasteiger partial charge in [-0.1, -0.05) is 29.5 Å². The van der Waals surface area contributed by atoms with Gasteiger partial charge in [0.25, 0.3) is 0 Å². The van der Waals surface area contributed by atoms with Crippen LogP contribution in [0.2, 0.25) is 0 Å². The Labute approximate surface area is 76.8 Å². The van der Waals surface area contributed by atoms with E-state index in [1.54, 1.807) is 0 Å². The van der Waals surface area contributed by atoms with E-state index < -0.39 is 5.44 Å². The number of rotatable bonds is 3. The number of hydrogen-bond donors (Lipinski definition) is 2. The zero-order chi connectivity index (χ0) is 8.97. The van der Waals surface area contributed by atoms with Crippen molar-refractivity contribution >= 4 is 11.8 Å². The number of nitrogens with two attached hydrogens (primary N) is 1. The third-order valence-corrected chi connectivity index (χ3v) is 2.45. The van der Waals surface area contributed by atoms with Crippen molar-refractivity contribution in [1.82, 2.24) is 0 Å². The first-order valence-electron chi connectivity index (χ1n) is 3.84. The van der Waals surface area contributed by atoms with E-state index in [1.165, 1.54) is 17.3 Å². The van der Waals surface area contributed by atoms with Gasteiger partial charge in [-0.05, 0) is 19.1 Å². The molecule has 1 rings (SSSR count). The maximum absolute atomic E-state index is 9.24. The number of aliphatic hydroxyl groups excluding tert-OH is 1. The lowest BCUT2D eigenvalue weighted by atomic mass is 10.2. The van der Waals surface area contributed by atoms with Crippen molar-refractivity contribution in [2.75, 3.05) is 6.54 Å². The van der Waals surface area contributed by atoms with Crippen molar-refractivity contribution in [1.29, 1.82) is 0 Å². The van der Waals surface area contributed by atoms with Crippen molar-refractivity contribution in [3.05, 3.63) is 29.8 Å². The van der Waals surface area contributed by atoms with Gasteiger partial charge in [0.15, 0.2) is 0 Å². The van der Waals surface area contributed by atoms with Crippen molar-refractivity contribution < 1.29 is 5.11 Å². The molecule has 66 valence electrons. The third kappa shape index (κ3) is 2.85. The molecule has 2 nitrogen and oxygen atoms in total. The fourth-order valence-corrected chi connectivity index (χ4v) is 1.72. The fourth-order valence-electron chi connectivity index (χ4n) is 0.894. The maximum Gasteiger partial charge on any atom is 0.116 e. The lowest BCUT2D eigenvalue weighted by molar-refractivity contribution is 0.271. The Kier molecular flexibility index (Phi) is 3.59. The molecule has 0 saturated carbocycles. The minimum Gasteiger partial charge on any atom is -0.381 e. The van der Waals surface area contributed by atoms with Crippen LogP contribution in [0.25, 0.3) is 0 Å². The molecule has 3 heteroatoms. The van der Waals surface area contributed by atoms with Crippen LogP contribution in [0.15, 0.2) is 29.2 Å². The Balaban J connectivity index is 2.63. The average molecular weight is 183 g/mol. The van der Waals surface area contributed by atoms with Crippen LogP contribution in [-0.4, -0.2) is 17.1 Å². The monoisotopic (exact) mass is 183 g/mol. The molecule has 0 saturated heterocycles. The summed E-state index contributed by atoms with van der Waals surface area (Å²) in [5, 5.41) is 9.24. The second-order valence-electron chi connectivity index (χ2n) is 2.62. The van der Waals surface area contributed by atoms with Gasteiger partial charge in [-0.3, -0.25) is 0 Å². The summed E-state index contributed by atoms with van der Waals surface area (Å²) in [7, 11) is 0. The molecule has 0 bridgehead atoms. The highest BCUT2D eigenvalue weighted by Crippen LogP contribution is 2.21. The highest BCUT2D eigenvalue weighted by atomic mass is 32.2. The Hall–Kier alpha value is -0.510. The van der Waals surface area contributed by atoms with Crippen LogP contribution >= 0.6 is 11.8 Å². The average Bonchev–Trinajstić information content (AvgIpc) is 2.04. The van der Waals surface area contributed by atoms with E-state index in [4.69, 9.17) is 5.73 Å². The SMILES string of the molecule is Cc1cccc(SC(O)CN)c1. The normalized spacial score (nSPS) is 12.9. The standard InChI is InChI=1S/C9H13NOS/c1-7-3-2-4-8(5-7)12-9(11)6-10/h2-5,9,11H,6,10H2,1H3. The zero-order valence-corrected chi connectivity index (χ0v) is 7.84. The van der Waals surface area contributed by atoms with Crippen LogP contribution < -0.4 is 5.73 Å². The van der Waals surface area contributed by atoms with E-state index in [2.05, 4.69) is 0 Å². The zero-order valence-electron chi connectivity index (χ0n) is 7.03. The van der Waals surface area contributed by atoms with Gasteiger partial charge in [0.1, 0.15) is 5.44 Å². The summed E-state index contributed by atoms with van der Waals surface area (Å²) in [4.78, 5) is 1.06. The van der Waals surface area contributed by atoms with Crippen molar-refractivity contribution in [3.63, 3.8) is 0 Å². The van der Waals surface area contributed by atoms with E-state index in [9.17, 15) is 5.11 Å². The smallest absolute Gasteiger partial charge is 0.116 e. The van der Waals surface area contributed by atoms with Gasteiger partial charge in [-0.25, -0.2) is 0 Å². The molecule has 0 fully saturated rings. The summed E-state index contributed by atoms with van der Waals surface area (Å²) in [5.41, 5.74) is 5.99. The van der Waals surface area contributed by atoms with Gasteiger partial charge >= 0.3 is 0 Å². The van der Waals surface area contributed by atoms with Crippen molar-refractivity contribution in [2.24, 2.45) is 5.73 Å². The highest BCUT2D eigenvalue weighted by Gasteiger charge is 2.02. The maximum atomic E-state index is 9.24. The molecule has 0 aliphatic heterocycles. The Morgan fingerprint density at radius 1 is 1.58 bits per heavy atom. The molecule has 0 spiro atoms. The van der Waals surface area contributed by atoms with Crippen molar-refractivity contribution in [2.45, 2.75) is 17.3 Å². The Morgan fingerprint density at radius 3 is 2.92 bits per heavy atom. The van der Waals surface area contributed by atoms with Crippen LogP contribution in [0, 0.1) is 6.92 Å². The summed E-state index contributed by atoms with van der Waals surface area (Å²) in [5.74, 6) is 0. The van der Waals surface area contributed by atoms with Crippen LogP contribution in [0.4, 0.5) is 0 Å². The quantitative estimate of drug-likeness (QED) is 0.549. The van der Waals surface area contributed by atoms with E-state index in [-0.39, 0.29) is 0 Å². The van der Waals surface area contributed by atoms with Crippen LogP contribution in [0.3, 0.4) is 0 Å². The van der Waals surface area contributed by atoms with E-state index in [0.29, 0.717) is 6.54 Å². The summed E-state index contributed by atoms with van der Waals surface area (Å²) >= 11 is 1.39.